The zero-order valence-electron chi connectivity index (χ0n) is 13.8. The van der Waals surface area contributed by atoms with Crippen molar-refractivity contribution in [1.82, 2.24) is 0 Å². The molecule has 2 aromatic rings. The molecule has 3 rings (SSSR count). The fourth-order valence-electron chi connectivity index (χ4n) is 2.82. The number of halogens is 1. The first-order valence-electron chi connectivity index (χ1n) is 8.35. The number of hydrogen-bond acceptors (Lipinski definition) is 3. The molecule has 0 spiro atoms. The summed E-state index contributed by atoms with van der Waals surface area (Å²) in [4.78, 5) is 26.4. The van der Waals surface area contributed by atoms with E-state index < -0.39 is 11.8 Å². The van der Waals surface area contributed by atoms with Crippen LogP contribution >= 0.6 is 22.6 Å². The summed E-state index contributed by atoms with van der Waals surface area (Å²) in [6, 6.07) is 14.9. The lowest BCUT2D eigenvalue weighted by molar-refractivity contribution is -0.132. The third-order valence-corrected chi connectivity index (χ3v) is 4.87. The van der Waals surface area contributed by atoms with Crippen LogP contribution in [0, 0.1) is 3.57 Å². The quantitative estimate of drug-likeness (QED) is 0.553. The highest BCUT2D eigenvalue weighted by molar-refractivity contribution is 14.1. The first-order chi connectivity index (χ1) is 12.1. The second-order valence-corrected chi connectivity index (χ2v) is 7.26. The molecule has 0 unspecified atom stereocenters. The fourth-order valence-corrected chi connectivity index (χ4v) is 3.18. The predicted molar refractivity (Wildman–Crippen MR) is 109 cm³/mol. The van der Waals surface area contributed by atoms with Gasteiger partial charge in [0.1, 0.15) is 0 Å². The summed E-state index contributed by atoms with van der Waals surface area (Å²) in [5.41, 5.74) is 2.37. The van der Waals surface area contributed by atoms with E-state index >= 15 is 0 Å². The molecule has 2 aromatic carbocycles. The first kappa shape index (κ1) is 17.7. The lowest BCUT2D eigenvalue weighted by Crippen LogP contribution is -2.30. The molecule has 6 heteroatoms. The van der Waals surface area contributed by atoms with Gasteiger partial charge in [-0.1, -0.05) is 0 Å². The molecule has 0 aliphatic carbocycles. The molecule has 1 aliphatic rings. The maximum atomic E-state index is 12.0. The molecule has 0 bridgehead atoms. The summed E-state index contributed by atoms with van der Waals surface area (Å²) in [7, 11) is 0. The summed E-state index contributed by atoms with van der Waals surface area (Å²) in [6.45, 7) is 2.15. The van der Waals surface area contributed by atoms with Crippen molar-refractivity contribution in [1.29, 1.82) is 0 Å². The average Bonchev–Trinajstić information content (AvgIpc) is 2.65. The second-order valence-electron chi connectivity index (χ2n) is 6.01. The first-order valence-corrected chi connectivity index (χ1v) is 9.42. The summed E-state index contributed by atoms with van der Waals surface area (Å²) < 4.78 is 1.06. The van der Waals surface area contributed by atoms with Gasteiger partial charge in [0, 0.05) is 33.7 Å². The Morgan fingerprint density at radius 2 is 1.24 bits per heavy atom. The van der Waals surface area contributed by atoms with E-state index in [9.17, 15) is 9.59 Å². The van der Waals surface area contributed by atoms with Crippen LogP contribution in [-0.4, -0.2) is 24.9 Å². The number of carbonyl (C=O) groups excluding carboxylic acids is 2. The molecule has 0 aromatic heterocycles. The van der Waals surface area contributed by atoms with Crippen LogP contribution in [0.5, 0.6) is 0 Å². The van der Waals surface area contributed by atoms with Gasteiger partial charge in [0.05, 0.1) is 0 Å². The molecule has 1 aliphatic heterocycles. The molecule has 0 saturated carbocycles. The molecule has 0 radical (unpaired) electrons. The van der Waals surface area contributed by atoms with E-state index in [1.165, 1.54) is 19.3 Å². The van der Waals surface area contributed by atoms with E-state index in [-0.39, 0.29) is 0 Å². The molecular formula is C19H20IN3O2. The standard InChI is InChI=1S/C19H20IN3O2/c20-14-4-6-15(7-5-14)21-18(24)19(25)22-16-8-10-17(11-9-16)23-12-2-1-3-13-23/h4-11H,1-3,12-13H2,(H,21,24)(H,22,25). The van der Waals surface area contributed by atoms with Gasteiger partial charge >= 0.3 is 11.8 Å². The SMILES string of the molecule is O=C(Nc1ccc(I)cc1)C(=O)Nc1ccc(N2CCCCC2)cc1. The van der Waals surface area contributed by atoms with Crippen molar-refractivity contribution in [2.75, 3.05) is 28.6 Å². The van der Waals surface area contributed by atoms with Gasteiger partial charge in [0.2, 0.25) is 0 Å². The summed E-state index contributed by atoms with van der Waals surface area (Å²) >= 11 is 2.18. The minimum Gasteiger partial charge on any atom is -0.372 e. The van der Waals surface area contributed by atoms with E-state index in [0.29, 0.717) is 11.4 Å². The Hall–Kier alpha value is -2.09. The summed E-state index contributed by atoms with van der Waals surface area (Å²) in [6.07, 6.45) is 3.73. The number of benzene rings is 2. The number of hydrogen-bond donors (Lipinski definition) is 2. The van der Waals surface area contributed by atoms with Gasteiger partial charge in [-0.3, -0.25) is 9.59 Å². The van der Waals surface area contributed by atoms with Gasteiger partial charge < -0.3 is 15.5 Å². The number of amides is 2. The van der Waals surface area contributed by atoms with Crippen molar-refractivity contribution < 1.29 is 9.59 Å². The number of anilines is 3. The Balaban J connectivity index is 1.56. The number of piperidine rings is 1. The van der Waals surface area contributed by atoms with Crippen molar-refractivity contribution >= 4 is 51.5 Å². The number of nitrogens with one attached hydrogen (secondary N) is 2. The second kappa shape index (κ2) is 8.33. The highest BCUT2D eigenvalue weighted by Crippen LogP contribution is 2.21. The molecule has 5 nitrogen and oxygen atoms in total. The van der Waals surface area contributed by atoms with Gasteiger partial charge in [-0.05, 0) is 90.4 Å². The van der Waals surface area contributed by atoms with Crippen LogP contribution < -0.4 is 15.5 Å². The third kappa shape index (κ3) is 4.94. The lowest BCUT2D eigenvalue weighted by atomic mass is 10.1. The maximum Gasteiger partial charge on any atom is 0.314 e. The van der Waals surface area contributed by atoms with Crippen molar-refractivity contribution in [2.45, 2.75) is 19.3 Å². The van der Waals surface area contributed by atoms with Crippen LogP contribution in [0.3, 0.4) is 0 Å². The van der Waals surface area contributed by atoms with Crippen LogP contribution in [0.4, 0.5) is 17.1 Å². The Labute approximate surface area is 160 Å². The molecule has 130 valence electrons. The topological polar surface area (TPSA) is 61.4 Å². The molecule has 1 heterocycles. The number of carbonyl (C=O) groups is 2. The van der Waals surface area contributed by atoms with E-state index in [1.54, 1.807) is 12.1 Å². The van der Waals surface area contributed by atoms with Gasteiger partial charge in [0.25, 0.3) is 0 Å². The zero-order chi connectivity index (χ0) is 17.6. The summed E-state index contributed by atoms with van der Waals surface area (Å²) in [5.74, 6) is -1.36. The molecule has 25 heavy (non-hydrogen) atoms. The normalized spacial score (nSPS) is 14.0. The third-order valence-electron chi connectivity index (χ3n) is 4.15. The number of rotatable bonds is 3. The zero-order valence-corrected chi connectivity index (χ0v) is 16.0. The molecule has 1 fully saturated rings. The highest BCUT2D eigenvalue weighted by Gasteiger charge is 2.15. The molecule has 2 N–H and O–H groups in total. The van der Waals surface area contributed by atoms with Crippen LogP contribution in [-0.2, 0) is 9.59 Å². The van der Waals surface area contributed by atoms with Crippen molar-refractivity contribution in [3.63, 3.8) is 0 Å². The fraction of sp³-hybridized carbons (Fsp3) is 0.263. The largest absolute Gasteiger partial charge is 0.372 e. The van der Waals surface area contributed by atoms with Gasteiger partial charge in [-0.25, -0.2) is 0 Å². The Morgan fingerprint density at radius 3 is 1.76 bits per heavy atom. The van der Waals surface area contributed by atoms with Crippen LogP contribution in [0.2, 0.25) is 0 Å². The minimum absolute atomic E-state index is 0.598. The number of nitrogens with zero attached hydrogens (tertiary/aromatic N) is 1. The predicted octanol–water partition coefficient (Wildman–Crippen LogP) is 3.86. The van der Waals surface area contributed by atoms with Gasteiger partial charge in [-0.2, -0.15) is 0 Å². The van der Waals surface area contributed by atoms with E-state index in [1.807, 2.05) is 36.4 Å². The lowest BCUT2D eigenvalue weighted by Gasteiger charge is -2.28. The van der Waals surface area contributed by atoms with Crippen molar-refractivity contribution in [3.05, 3.63) is 52.1 Å². The maximum absolute atomic E-state index is 12.0. The van der Waals surface area contributed by atoms with Crippen LogP contribution in [0.1, 0.15) is 19.3 Å². The van der Waals surface area contributed by atoms with Crippen molar-refractivity contribution in [2.24, 2.45) is 0 Å². The van der Waals surface area contributed by atoms with E-state index in [0.717, 1.165) is 22.3 Å². The molecular weight excluding hydrogens is 429 g/mol. The van der Waals surface area contributed by atoms with E-state index in [4.69, 9.17) is 0 Å². The highest BCUT2D eigenvalue weighted by atomic mass is 127. The van der Waals surface area contributed by atoms with Gasteiger partial charge in [0.15, 0.2) is 0 Å². The smallest absolute Gasteiger partial charge is 0.314 e. The van der Waals surface area contributed by atoms with Crippen molar-refractivity contribution in [3.8, 4) is 0 Å². The minimum atomic E-state index is -0.679. The molecule has 0 atom stereocenters. The van der Waals surface area contributed by atoms with Gasteiger partial charge in [-0.15, -0.1) is 0 Å². The molecule has 1 saturated heterocycles. The molecule has 2 amide bonds. The Morgan fingerprint density at radius 1 is 0.760 bits per heavy atom. The van der Waals surface area contributed by atoms with E-state index in [2.05, 4.69) is 38.1 Å². The Kier molecular flexibility index (Phi) is 5.91. The summed E-state index contributed by atoms with van der Waals surface area (Å²) in [5, 5.41) is 5.22. The average molecular weight is 449 g/mol. The van der Waals surface area contributed by atoms with Crippen LogP contribution in [0.15, 0.2) is 48.5 Å². The Bertz CT molecular complexity index is 738. The van der Waals surface area contributed by atoms with Crippen LogP contribution in [0.25, 0.3) is 0 Å². The monoisotopic (exact) mass is 449 g/mol.